The first-order valence-corrected chi connectivity index (χ1v) is 11.9. The molecule has 1 heterocycles. The van der Waals surface area contributed by atoms with E-state index in [1.54, 1.807) is 13.0 Å². The maximum Gasteiger partial charge on any atom is 0.373 e. The summed E-state index contributed by atoms with van der Waals surface area (Å²) in [6.07, 6.45) is 1.56. The van der Waals surface area contributed by atoms with Crippen LogP contribution in [0.15, 0.2) is 84.6 Å². The molecule has 0 saturated heterocycles. The molecule has 0 saturated carbocycles. The van der Waals surface area contributed by atoms with E-state index in [0.29, 0.717) is 19.8 Å². The Bertz CT molecular complexity index is 1130. The van der Waals surface area contributed by atoms with Gasteiger partial charge in [-0.05, 0) is 55.3 Å². The lowest BCUT2D eigenvalue weighted by Crippen LogP contribution is -2.42. The van der Waals surface area contributed by atoms with Gasteiger partial charge in [-0.3, -0.25) is 0 Å². The molecule has 1 aliphatic rings. The fraction of sp³-hybridized carbons (Fsp3) is 0.276. The van der Waals surface area contributed by atoms with Crippen molar-refractivity contribution in [2.24, 2.45) is 0 Å². The minimum Gasteiger partial charge on any atom is -0.490 e. The lowest BCUT2D eigenvalue weighted by atomic mass is 10.1. The van der Waals surface area contributed by atoms with Crippen LogP contribution in [0.25, 0.3) is 6.08 Å². The lowest BCUT2D eigenvalue weighted by molar-refractivity contribution is -0.142. The smallest absolute Gasteiger partial charge is 0.373 e. The van der Waals surface area contributed by atoms with Crippen molar-refractivity contribution in [3.63, 3.8) is 0 Å². The van der Waals surface area contributed by atoms with Crippen LogP contribution in [0.3, 0.4) is 0 Å². The Balaban J connectivity index is 1.40. The van der Waals surface area contributed by atoms with Gasteiger partial charge in [-0.15, -0.1) is 0 Å². The van der Waals surface area contributed by atoms with E-state index in [1.165, 1.54) is 5.56 Å². The normalized spacial score (nSPS) is 15.1. The van der Waals surface area contributed by atoms with Crippen LogP contribution in [0.1, 0.15) is 25.0 Å². The molecule has 6 nitrogen and oxygen atoms in total. The van der Waals surface area contributed by atoms with Crippen LogP contribution >= 0.6 is 0 Å². The number of carbonyl (C=O) groups is 1. The molecule has 182 valence electrons. The van der Waals surface area contributed by atoms with Crippen molar-refractivity contribution in [1.82, 2.24) is 0 Å². The van der Waals surface area contributed by atoms with Crippen LogP contribution in [0.5, 0.6) is 11.5 Å². The van der Waals surface area contributed by atoms with Crippen LogP contribution in [-0.2, 0) is 20.8 Å². The molecule has 0 aliphatic carbocycles. The summed E-state index contributed by atoms with van der Waals surface area (Å²) in [5.41, 5.74) is 3.17. The number of esters is 1. The second-order valence-electron chi connectivity index (χ2n) is 8.12. The Morgan fingerprint density at radius 3 is 2.40 bits per heavy atom. The summed E-state index contributed by atoms with van der Waals surface area (Å²) in [7, 11) is 0. The molecule has 1 unspecified atom stereocenters. The Morgan fingerprint density at radius 1 is 0.943 bits per heavy atom. The third-order valence-electron chi connectivity index (χ3n) is 5.53. The molecule has 0 amide bonds. The molecule has 0 radical (unpaired) electrons. The van der Waals surface area contributed by atoms with E-state index in [4.69, 9.17) is 18.9 Å². The largest absolute Gasteiger partial charge is 0.490 e. The predicted octanol–water partition coefficient (Wildman–Crippen LogP) is 5.47. The van der Waals surface area contributed by atoms with E-state index >= 15 is 0 Å². The Kier molecular flexibility index (Phi) is 8.28. The van der Waals surface area contributed by atoms with Crippen molar-refractivity contribution in [2.45, 2.75) is 26.5 Å². The molecule has 0 bridgehead atoms. The predicted molar refractivity (Wildman–Crippen MR) is 137 cm³/mol. The van der Waals surface area contributed by atoms with Gasteiger partial charge < -0.3 is 23.8 Å². The maximum atomic E-state index is 12.1. The number of carbonyl (C=O) groups excluding carboxylic acids is 1. The molecule has 3 aromatic rings. The van der Waals surface area contributed by atoms with E-state index < -0.39 is 5.97 Å². The monoisotopic (exact) mass is 473 g/mol. The first-order chi connectivity index (χ1) is 17.2. The van der Waals surface area contributed by atoms with Crippen LogP contribution in [0, 0.1) is 0 Å². The molecule has 1 atom stereocenters. The van der Waals surface area contributed by atoms with Crippen molar-refractivity contribution in [3.8, 4) is 11.5 Å². The van der Waals surface area contributed by atoms with E-state index in [2.05, 4.69) is 35.2 Å². The van der Waals surface area contributed by atoms with Gasteiger partial charge in [-0.25, -0.2) is 4.79 Å². The minimum absolute atomic E-state index is 0.110. The molecule has 4 rings (SSSR count). The van der Waals surface area contributed by atoms with Crippen LogP contribution in [0.4, 0.5) is 5.69 Å². The van der Waals surface area contributed by atoms with Crippen LogP contribution in [0.2, 0.25) is 0 Å². The summed E-state index contributed by atoms with van der Waals surface area (Å²) in [6, 6.07) is 26.1. The molecule has 1 aliphatic heterocycles. The second-order valence-corrected chi connectivity index (χ2v) is 8.12. The fourth-order valence-corrected chi connectivity index (χ4v) is 3.94. The van der Waals surface area contributed by atoms with E-state index in [1.807, 2.05) is 55.5 Å². The SMILES string of the molecule is CCOC(=O)/C(=C/c1ccc(OCC2CN(Cc3ccccc3)c3ccccc3O2)cc1)OCC. The molecule has 0 fully saturated rings. The standard InChI is InChI=1S/C29H31NO5/c1-3-32-28(29(31)33-4-2)18-22-14-16-24(17-15-22)34-21-25-20-30(19-23-10-6-5-7-11-23)26-12-8-9-13-27(26)35-25/h5-18,25H,3-4,19-21H2,1-2H3/b28-18-. The van der Waals surface area contributed by atoms with Crippen molar-refractivity contribution in [1.29, 1.82) is 0 Å². The topological polar surface area (TPSA) is 57.2 Å². The van der Waals surface area contributed by atoms with Gasteiger partial charge in [0.25, 0.3) is 0 Å². The molecular formula is C29H31NO5. The van der Waals surface area contributed by atoms with Crippen LogP contribution < -0.4 is 14.4 Å². The Hall–Kier alpha value is -3.93. The van der Waals surface area contributed by atoms with Gasteiger partial charge >= 0.3 is 5.97 Å². The van der Waals surface area contributed by atoms with E-state index in [0.717, 1.165) is 35.8 Å². The summed E-state index contributed by atoms with van der Waals surface area (Å²) >= 11 is 0. The summed E-state index contributed by atoms with van der Waals surface area (Å²) < 4.78 is 22.8. The number of anilines is 1. The van der Waals surface area contributed by atoms with Gasteiger partial charge in [-0.1, -0.05) is 54.6 Å². The number of hydrogen-bond donors (Lipinski definition) is 0. The lowest BCUT2D eigenvalue weighted by Gasteiger charge is -2.36. The second kappa shape index (κ2) is 12.0. The van der Waals surface area contributed by atoms with Gasteiger partial charge in [0.15, 0.2) is 6.10 Å². The minimum atomic E-state index is -0.468. The fourth-order valence-electron chi connectivity index (χ4n) is 3.94. The summed E-state index contributed by atoms with van der Waals surface area (Å²) in [6.45, 7) is 6.23. The molecular weight excluding hydrogens is 442 g/mol. The number of benzene rings is 3. The number of rotatable bonds is 10. The third kappa shape index (κ3) is 6.57. The number of para-hydroxylation sites is 2. The zero-order valence-electron chi connectivity index (χ0n) is 20.2. The average molecular weight is 474 g/mol. The number of nitrogens with zero attached hydrogens (tertiary/aromatic N) is 1. The third-order valence-corrected chi connectivity index (χ3v) is 5.53. The average Bonchev–Trinajstić information content (AvgIpc) is 2.89. The highest BCUT2D eigenvalue weighted by molar-refractivity contribution is 5.91. The summed E-state index contributed by atoms with van der Waals surface area (Å²) in [5.74, 6) is 1.32. The number of fused-ring (bicyclic) bond motifs is 1. The zero-order chi connectivity index (χ0) is 24.5. The molecule has 0 spiro atoms. The van der Waals surface area contributed by atoms with E-state index in [9.17, 15) is 4.79 Å². The molecule has 0 aromatic heterocycles. The van der Waals surface area contributed by atoms with Crippen LogP contribution in [-0.4, -0.2) is 38.4 Å². The van der Waals surface area contributed by atoms with Gasteiger partial charge in [0, 0.05) is 6.54 Å². The van der Waals surface area contributed by atoms with Crippen molar-refractivity contribution < 1.29 is 23.7 Å². The molecule has 35 heavy (non-hydrogen) atoms. The highest BCUT2D eigenvalue weighted by atomic mass is 16.6. The number of hydrogen-bond acceptors (Lipinski definition) is 6. The van der Waals surface area contributed by atoms with Gasteiger partial charge in [0.05, 0.1) is 25.4 Å². The zero-order valence-corrected chi connectivity index (χ0v) is 20.2. The quantitative estimate of drug-likeness (QED) is 0.221. The molecule has 6 heteroatoms. The Morgan fingerprint density at radius 2 is 1.66 bits per heavy atom. The van der Waals surface area contributed by atoms with Gasteiger partial charge in [0.2, 0.25) is 5.76 Å². The van der Waals surface area contributed by atoms with Gasteiger partial charge in [0.1, 0.15) is 18.1 Å². The highest BCUT2D eigenvalue weighted by Crippen LogP contribution is 2.34. The van der Waals surface area contributed by atoms with Crippen molar-refractivity contribution >= 4 is 17.7 Å². The van der Waals surface area contributed by atoms with Gasteiger partial charge in [-0.2, -0.15) is 0 Å². The van der Waals surface area contributed by atoms with Crippen molar-refractivity contribution in [3.05, 3.63) is 95.7 Å². The number of ether oxygens (including phenoxy) is 4. The van der Waals surface area contributed by atoms with E-state index in [-0.39, 0.29) is 11.9 Å². The molecule has 0 N–H and O–H groups in total. The first-order valence-electron chi connectivity index (χ1n) is 11.9. The maximum absolute atomic E-state index is 12.1. The van der Waals surface area contributed by atoms with Crippen molar-refractivity contribution in [2.75, 3.05) is 31.3 Å². The summed E-state index contributed by atoms with van der Waals surface area (Å²) in [4.78, 5) is 14.4. The highest BCUT2D eigenvalue weighted by Gasteiger charge is 2.26. The Labute approximate surface area is 206 Å². The molecule has 3 aromatic carbocycles. The summed E-state index contributed by atoms with van der Waals surface area (Å²) in [5, 5.41) is 0. The first kappa shape index (κ1) is 24.2.